The highest BCUT2D eigenvalue weighted by Gasteiger charge is 2.30. The Bertz CT molecular complexity index is 601. The number of aromatic nitrogens is 1. The van der Waals surface area contributed by atoms with Gasteiger partial charge in [0.15, 0.2) is 5.43 Å². The minimum absolute atomic E-state index is 0.0398. The Morgan fingerprint density at radius 3 is 2.50 bits per heavy atom. The molecule has 1 aromatic carbocycles. The lowest BCUT2D eigenvalue weighted by atomic mass is 10.1. The first-order valence-corrected chi connectivity index (χ1v) is 4.31. The lowest BCUT2D eigenvalue weighted by Crippen LogP contribution is -2.09. The molecule has 0 aliphatic carbocycles. The third-order valence-electron chi connectivity index (χ3n) is 2.20. The monoisotopic (exact) mass is 229 g/mol. The van der Waals surface area contributed by atoms with Crippen molar-refractivity contribution in [3.63, 3.8) is 0 Å². The summed E-state index contributed by atoms with van der Waals surface area (Å²) in [4.78, 5) is 11.3. The van der Waals surface area contributed by atoms with E-state index in [-0.39, 0.29) is 10.9 Å². The van der Waals surface area contributed by atoms with E-state index in [1.165, 1.54) is 0 Å². The van der Waals surface area contributed by atoms with Gasteiger partial charge in [0.1, 0.15) is 0 Å². The Kier molecular flexibility index (Phi) is 2.15. The summed E-state index contributed by atoms with van der Waals surface area (Å²) in [6.45, 7) is 0. The summed E-state index contributed by atoms with van der Waals surface area (Å²) in [6.07, 6.45) is -3.50. The van der Waals surface area contributed by atoms with Crippen LogP contribution in [0.5, 0.6) is 0 Å². The number of benzene rings is 1. The number of pyridine rings is 1. The minimum atomic E-state index is -4.50. The van der Waals surface area contributed by atoms with E-state index in [9.17, 15) is 23.2 Å². The second-order valence-electron chi connectivity index (χ2n) is 3.25. The van der Waals surface area contributed by atoms with Crippen LogP contribution in [-0.4, -0.2) is 9.94 Å². The molecule has 0 radical (unpaired) electrons. The van der Waals surface area contributed by atoms with Gasteiger partial charge in [-0.2, -0.15) is 17.9 Å². The van der Waals surface area contributed by atoms with Crippen molar-refractivity contribution in [1.29, 1.82) is 0 Å². The zero-order valence-corrected chi connectivity index (χ0v) is 7.82. The fourth-order valence-electron chi connectivity index (χ4n) is 1.41. The highest BCUT2D eigenvalue weighted by Crippen LogP contribution is 2.30. The molecule has 0 aliphatic heterocycles. The fraction of sp³-hybridized carbons (Fsp3) is 0.100. The Morgan fingerprint density at radius 1 is 1.19 bits per heavy atom. The molecule has 1 N–H and O–H groups in total. The molecule has 0 unspecified atom stereocenters. The van der Waals surface area contributed by atoms with E-state index in [1.807, 2.05) is 0 Å². The zero-order chi connectivity index (χ0) is 11.9. The van der Waals surface area contributed by atoms with Crippen molar-refractivity contribution in [1.82, 2.24) is 4.73 Å². The summed E-state index contributed by atoms with van der Waals surface area (Å²) >= 11 is 0. The average molecular weight is 229 g/mol. The second-order valence-corrected chi connectivity index (χ2v) is 3.25. The Hall–Kier alpha value is -1.98. The van der Waals surface area contributed by atoms with E-state index in [4.69, 9.17) is 0 Å². The van der Waals surface area contributed by atoms with Crippen molar-refractivity contribution >= 4 is 10.9 Å². The molecule has 0 spiro atoms. The SMILES string of the molecule is O=c1ccn(O)c2cc(C(F)(F)F)ccc12. The number of halogens is 3. The molecule has 1 heterocycles. The van der Waals surface area contributed by atoms with Gasteiger partial charge in [-0.3, -0.25) is 4.79 Å². The molecule has 0 saturated heterocycles. The first kappa shape index (κ1) is 10.5. The van der Waals surface area contributed by atoms with Crippen LogP contribution in [0, 0.1) is 0 Å². The van der Waals surface area contributed by atoms with E-state index in [0.717, 1.165) is 30.5 Å². The molecule has 16 heavy (non-hydrogen) atoms. The first-order chi connectivity index (χ1) is 7.39. The average Bonchev–Trinajstić information content (AvgIpc) is 2.22. The van der Waals surface area contributed by atoms with Crippen molar-refractivity contribution < 1.29 is 18.4 Å². The molecule has 2 aromatic rings. The van der Waals surface area contributed by atoms with Gasteiger partial charge in [0.05, 0.1) is 11.1 Å². The van der Waals surface area contributed by atoms with Crippen molar-refractivity contribution in [2.75, 3.05) is 0 Å². The molecular weight excluding hydrogens is 223 g/mol. The molecule has 0 saturated carbocycles. The summed E-state index contributed by atoms with van der Waals surface area (Å²) < 4.78 is 37.6. The van der Waals surface area contributed by atoms with Gasteiger partial charge in [0.25, 0.3) is 0 Å². The molecule has 6 heteroatoms. The second kappa shape index (κ2) is 3.26. The number of nitrogens with zero attached hydrogens (tertiary/aromatic N) is 1. The fourth-order valence-corrected chi connectivity index (χ4v) is 1.41. The lowest BCUT2D eigenvalue weighted by molar-refractivity contribution is -0.137. The number of hydrogen-bond acceptors (Lipinski definition) is 2. The third-order valence-corrected chi connectivity index (χ3v) is 2.20. The maximum absolute atomic E-state index is 12.4. The highest BCUT2D eigenvalue weighted by molar-refractivity contribution is 5.79. The third kappa shape index (κ3) is 1.62. The summed E-state index contributed by atoms with van der Waals surface area (Å²) in [6, 6.07) is 3.67. The summed E-state index contributed by atoms with van der Waals surface area (Å²) in [5.74, 6) is 0. The van der Waals surface area contributed by atoms with Crippen LogP contribution < -0.4 is 5.43 Å². The van der Waals surface area contributed by atoms with Gasteiger partial charge in [-0.05, 0) is 18.2 Å². The molecule has 0 amide bonds. The Morgan fingerprint density at radius 2 is 1.88 bits per heavy atom. The summed E-state index contributed by atoms with van der Waals surface area (Å²) in [5, 5.41) is 9.34. The van der Waals surface area contributed by atoms with E-state index in [2.05, 4.69) is 0 Å². The molecule has 0 fully saturated rings. The molecule has 0 bridgehead atoms. The number of hydrogen-bond donors (Lipinski definition) is 1. The van der Waals surface area contributed by atoms with Gasteiger partial charge in [-0.1, -0.05) is 0 Å². The van der Waals surface area contributed by atoms with Crippen LogP contribution in [0.15, 0.2) is 35.3 Å². The van der Waals surface area contributed by atoms with Crippen LogP contribution >= 0.6 is 0 Å². The Balaban J connectivity index is 2.81. The number of alkyl halides is 3. The van der Waals surface area contributed by atoms with E-state index >= 15 is 0 Å². The van der Waals surface area contributed by atoms with E-state index in [0.29, 0.717) is 4.73 Å². The molecular formula is C10H6F3NO2. The summed E-state index contributed by atoms with van der Waals surface area (Å²) in [7, 11) is 0. The lowest BCUT2D eigenvalue weighted by Gasteiger charge is -2.08. The van der Waals surface area contributed by atoms with Crippen LogP contribution in [0.4, 0.5) is 13.2 Å². The van der Waals surface area contributed by atoms with Crippen LogP contribution in [0.3, 0.4) is 0 Å². The standard InChI is InChI=1S/C10H6F3NO2/c11-10(12,13)6-1-2-7-8(5-6)14(16)4-3-9(7)15/h1-5,16H. The Labute approximate surface area is 87.3 Å². The van der Waals surface area contributed by atoms with Crippen molar-refractivity contribution in [3.05, 3.63) is 46.2 Å². The highest BCUT2D eigenvalue weighted by atomic mass is 19.4. The largest absolute Gasteiger partial charge is 0.428 e. The number of rotatable bonds is 0. The van der Waals surface area contributed by atoms with Crippen LogP contribution in [0.25, 0.3) is 10.9 Å². The smallest absolute Gasteiger partial charge is 0.416 e. The minimum Gasteiger partial charge on any atom is -0.428 e. The van der Waals surface area contributed by atoms with Gasteiger partial charge >= 0.3 is 6.18 Å². The maximum atomic E-state index is 12.4. The molecule has 0 aliphatic rings. The summed E-state index contributed by atoms with van der Waals surface area (Å²) in [5.41, 5.74) is -1.51. The predicted molar refractivity (Wildman–Crippen MR) is 50.4 cm³/mol. The predicted octanol–water partition coefficient (Wildman–Crippen LogP) is 2.26. The van der Waals surface area contributed by atoms with Gasteiger partial charge in [0.2, 0.25) is 0 Å². The van der Waals surface area contributed by atoms with Gasteiger partial charge in [-0.25, -0.2) is 0 Å². The van der Waals surface area contributed by atoms with Gasteiger partial charge < -0.3 is 5.21 Å². The van der Waals surface area contributed by atoms with Crippen LogP contribution in [-0.2, 0) is 6.18 Å². The maximum Gasteiger partial charge on any atom is 0.416 e. The van der Waals surface area contributed by atoms with Crippen molar-refractivity contribution in [2.24, 2.45) is 0 Å². The van der Waals surface area contributed by atoms with Crippen LogP contribution in [0.1, 0.15) is 5.56 Å². The normalized spacial score (nSPS) is 11.9. The van der Waals surface area contributed by atoms with E-state index in [1.54, 1.807) is 0 Å². The molecule has 1 aromatic heterocycles. The number of fused-ring (bicyclic) bond motifs is 1. The first-order valence-electron chi connectivity index (χ1n) is 4.31. The molecule has 2 rings (SSSR count). The molecule has 3 nitrogen and oxygen atoms in total. The zero-order valence-electron chi connectivity index (χ0n) is 7.82. The van der Waals surface area contributed by atoms with E-state index < -0.39 is 17.2 Å². The molecule has 0 atom stereocenters. The topological polar surface area (TPSA) is 42.2 Å². The van der Waals surface area contributed by atoms with Gasteiger partial charge in [0, 0.05) is 17.6 Å². The van der Waals surface area contributed by atoms with Crippen molar-refractivity contribution in [2.45, 2.75) is 6.18 Å². The quantitative estimate of drug-likeness (QED) is 0.704. The molecule has 84 valence electrons. The van der Waals surface area contributed by atoms with Crippen LogP contribution in [0.2, 0.25) is 0 Å². The van der Waals surface area contributed by atoms with Crippen molar-refractivity contribution in [3.8, 4) is 0 Å². The van der Waals surface area contributed by atoms with Gasteiger partial charge in [-0.15, -0.1) is 0 Å².